The lowest BCUT2D eigenvalue weighted by Gasteiger charge is -2.26. The summed E-state index contributed by atoms with van der Waals surface area (Å²) in [6.07, 6.45) is 0. The number of hydrogen-bond acceptors (Lipinski definition) is 5. The van der Waals surface area contributed by atoms with Crippen molar-refractivity contribution < 1.29 is 24.2 Å². The van der Waals surface area contributed by atoms with Crippen LogP contribution in [0.3, 0.4) is 0 Å². The molecule has 0 aliphatic rings. The van der Waals surface area contributed by atoms with E-state index in [2.05, 4.69) is 0 Å². The highest BCUT2D eigenvalue weighted by Gasteiger charge is 2.19. The van der Waals surface area contributed by atoms with E-state index in [1.165, 1.54) is 6.07 Å². The molecular formula is C12H19NO5. The molecule has 0 radical (unpaired) electrons. The molecule has 1 atom stereocenters. The van der Waals surface area contributed by atoms with Gasteiger partial charge in [0.1, 0.15) is 5.76 Å². The Labute approximate surface area is 106 Å². The summed E-state index contributed by atoms with van der Waals surface area (Å²) in [5.74, 6) is -0.594. The van der Waals surface area contributed by atoms with E-state index in [9.17, 15) is 4.79 Å². The van der Waals surface area contributed by atoms with Gasteiger partial charge in [0.2, 0.25) is 5.76 Å². The SMILES string of the molecule is COCCN(CCO)C(C)c1ccc(C(=O)O)o1. The van der Waals surface area contributed by atoms with Gasteiger partial charge in [0.15, 0.2) is 0 Å². The first kappa shape index (κ1) is 14.7. The molecule has 0 amide bonds. The van der Waals surface area contributed by atoms with Crippen LogP contribution in [0, 0.1) is 0 Å². The van der Waals surface area contributed by atoms with Gasteiger partial charge in [-0.25, -0.2) is 4.79 Å². The van der Waals surface area contributed by atoms with Crippen LogP contribution in [0.1, 0.15) is 29.3 Å². The molecule has 0 aliphatic carbocycles. The smallest absolute Gasteiger partial charge is 0.371 e. The summed E-state index contributed by atoms with van der Waals surface area (Å²) in [7, 11) is 1.61. The van der Waals surface area contributed by atoms with Gasteiger partial charge in [-0.2, -0.15) is 0 Å². The first-order chi connectivity index (χ1) is 8.60. The molecule has 0 aliphatic heterocycles. The normalized spacial score (nSPS) is 12.9. The molecule has 18 heavy (non-hydrogen) atoms. The van der Waals surface area contributed by atoms with Gasteiger partial charge in [-0.1, -0.05) is 0 Å². The molecule has 0 bridgehead atoms. The monoisotopic (exact) mass is 257 g/mol. The van der Waals surface area contributed by atoms with Gasteiger partial charge in [0.25, 0.3) is 0 Å². The van der Waals surface area contributed by atoms with Crippen LogP contribution in [0.25, 0.3) is 0 Å². The molecule has 0 saturated heterocycles. The number of carboxylic acid groups (broad SMARTS) is 1. The summed E-state index contributed by atoms with van der Waals surface area (Å²) in [4.78, 5) is 12.7. The van der Waals surface area contributed by atoms with Crippen LogP contribution in [0.5, 0.6) is 0 Å². The minimum absolute atomic E-state index is 0.0283. The molecule has 1 unspecified atom stereocenters. The zero-order chi connectivity index (χ0) is 13.5. The highest BCUT2D eigenvalue weighted by molar-refractivity contribution is 5.84. The first-order valence-electron chi connectivity index (χ1n) is 5.77. The molecule has 102 valence electrons. The fourth-order valence-electron chi connectivity index (χ4n) is 1.71. The average molecular weight is 257 g/mol. The number of aromatic carboxylic acids is 1. The first-order valence-corrected chi connectivity index (χ1v) is 5.77. The molecule has 0 fully saturated rings. The Morgan fingerprint density at radius 2 is 2.22 bits per heavy atom. The van der Waals surface area contributed by atoms with Crippen LogP contribution in [0.15, 0.2) is 16.5 Å². The van der Waals surface area contributed by atoms with Gasteiger partial charge >= 0.3 is 5.97 Å². The van der Waals surface area contributed by atoms with Crippen molar-refractivity contribution in [3.05, 3.63) is 23.7 Å². The third kappa shape index (κ3) is 3.83. The van der Waals surface area contributed by atoms with E-state index in [-0.39, 0.29) is 18.4 Å². The summed E-state index contributed by atoms with van der Waals surface area (Å²) in [6, 6.07) is 2.97. The van der Waals surface area contributed by atoms with Gasteiger partial charge in [-0.15, -0.1) is 0 Å². The molecule has 0 spiro atoms. The molecule has 6 heteroatoms. The maximum atomic E-state index is 10.7. The molecule has 1 heterocycles. The Morgan fingerprint density at radius 1 is 1.50 bits per heavy atom. The van der Waals surface area contributed by atoms with Crippen LogP contribution >= 0.6 is 0 Å². The van der Waals surface area contributed by atoms with Crippen molar-refractivity contribution in [2.75, 3.05) is 33.4 Å². The molecule has 2 N–H and O–H groups in total. The molecule has 6 nitrogen and oxygen atoms in total. The molecule has 1 rings (SSSR count). The number of hydrogen-bond donors (Lipinski definition) is 2. The molecule has 0 aromatic carbocycles. The maximum Gasteiger partial charge on any atom is 0.371 e. The van der Waals surface area contributed by atoms with Gasteiger partial charge < -0.3 is 19.4 Å². The number of furan rings is 1. The van der Waals surface area contributed by atoms with Crippen molar-refractivity contribution in [3.63, 3.8) is 0 Å². The van der Waals surface area contributed by atoms with Crippen molar-refractivity contribution in [2.45, 2.75) is 13.0 Å². The largest absolute Gasteiger partial charge is 0.475 e. The van der Waals surface area contributed by atoms with E-state index in [0.717, 1.165) is 0 Å². The fourth-order valence-corrected chi connectivity index (χ4v) is 1.71. The standard InChI is InChI=1S/C12H19NO5/c1-9(13(5-7-14)6-8-17-2)10-3-4-11(18-10)12(15)16/h3-4,9,14H,5-8H2,1-2H3,(H,15,16). The van der Waals surface area contributed by atoms with Gasteiger partial charge in [-0.05, 0) is 19.1 Å². The number of aliphatic hydroxyl groups is 1. The summed E-state index contributed by atoms with van der Waals surface area (Å²) < 4.78 is 10.3. The van der Waals surface area contributed by atoms with E-state index in [4.69, 9.17) is 19.4 Å². The second kappa shape index (κ2) is 7.15. The summed E-state index contributed by atoms with van der Waals surface area (Å²) >= 11 is 0. The summed E-state index contributed by atoms with van der Waals surface area (Å²) in [5.41, 5.74) is 0. The quantitative estimate of drug-likeness (QED) is 0.722. The number of rotatable bonds is 8. The lowest BCUT2D eigenvalue weighted by Crippen LogP contribution is -2.32. The van der Waals surface area contributed by atoms with Crippen molar-refractivity contribution in [1.82, 2.24) is 4.90 Å². The summed E-state index contributed by atoms with van der Waals surface area (Å²) in [5, 5.41) is 17.8. The predicted molar refractivity (Wildman–Crippen MR) is 64.6 cm³/mol. The Bertz CT molecular complexity index is 376. The van der Waals surface area contributed by atoms with E-state index in [1.807, 2.05) is 11.8 Å². The van der Waals surface area contributed by atoms with E-state index in [1.54, 1.807) is 13.2 Å². The second-order valence-corrected chi connectivity index (χ2v) is 3.94. The van der Waals surface area contributed by atoms with Crippen LogP contribution < -0.4 is 0 Å². The number of nitrogens with zero attached hydrogens (tertiary/aromatic N) is 1. The number of ether oxygens (including phenoxy) is 1. The van der Waals surface area contributed by atoms with Crippen LogP contribution in [-0.4, -0.2) is 54.5 Å². The maximum absolute atomic E-state index is 10.7. The Balaban J connectivity index is 2.73. The number of carboxylic acids is 1. The van der Waals surface area contributed by atoms with Gasteiger partial charge in [0.05, 0.1) is 19.3 Å². The number of aliphatic hydroxyl groups excluding tert-OH is 1. The summed E-state index contributed by atoms with van der Waals surface area (Å²) in [6.45, 7) is 3.59. The zero-order valence-corrected chi connectivity index (χ0v) is 10.6. The Morgan fingerprint density at radius 3 is 2.72 bits per heavy atom. The highest BCUT2D eigenvalue weighted by atomic mass is 16.5. The van der Waals surface area contributed by atoms with E-state index < -0.39 is 5.97 Å². The topological polar surface area (TPSA) is 83.1 Å². The molecule has 1 aromatic heterocycles. The minimum atomic E-state index is -1.08. The van der Waals surface area contributed by atoms with Crippen LogP contribution in [0.4, 0.5) is 0 Å². The Kier molecular flexibility index (Phi) is 5.84. The van der Waals surface area contributed by atoms with E-state index >= 15 is 0 Å². The molecule has 0 saturated carbocycles. The third-order valence-electron chi connectivity index (χ3n) is 2.77. The third-order valence-corrected chi connectivity index (χ3v) is 2.77. The number of carbonyl (C=O) groups is 1. The van der Waals surface area contributed by atoms with E-state index in [0.29, 0.717) is 25.5 Å². The molecular weight excluding hydrogens is 238 g/mol. The van der Waals surface area contributed by atoms with Crippen LogP contribution in [0.2, 0.25) is 0 Å². The molecule has 1 aromatic rings. The van der Waals surface area contributed by atoms with Crippen molar-refractivity contribution in [2.24, 2.45) is 0 Å². The van der Waals surface area contributed by atoms with Gasteiger partial charge in [0, 0.05) is 20.2 Å². The van der Waals surface area contributed by atoms with Gasteiger partial charge in [-0.3, -0.25) is 4.90 Å². The predicted octanol–water partition coefficient (Wildman–Crippen LogP) is 0.980. The highest BCUT2D eigenvalue weighted by Crippen LogP contribution is 2.22. The minimum Gasteiger partial charge on any atom is -0.475 e. The van der Waals surface area contributed by atoms with Crippen molar-refractivity contribution in [3.8, 4) is 0 Å². The fraction of sp³-hybridized carbons (Fsp3) is 0.583. The van der Waals surface area contributed by atoms with Crippen LogP contribution in [-0.2, 0) is 4.74 Å². The zero-order valence-electron chi connectivity index (χ0n) is 10.6. The Hall–Kier alpha value is -1.37. The lowest BCUT2D eigenvalue weighted by molar-refractivity contribution is 0.0649. The van der Waals surface area contributed by atoms with Crippen molar-refractivity contribution in [1.29, 1.82) is 0 Å². The average Bonchev–Trinajstić information content (AvgIpc) is 2.83. The second-order valence-electron chi connectivity index (χ2n) is 3.94. The lowest BCUT2D eigenvalue weighted by atomic mass is 10.2. The van der Waals surface area contributed by atoms with Crippen molar-refractivity contribution >= 4 is 5.97 Å². The number of methoxy groups -OCH3 is 1.